The first kappa shape index (κ1) is 14.1. The lowest BCUT2D eigenvalue weighted by Crippen LogP contribution is -2.05. The summed E-state index contributed by atoms with van der Waals surface area (Å²) in [6.45, 7) is 1.41. The van der Waals surface area contributed by atoms with Gasteiger partial charge in [-0.3, -0.25) is 14.9 Å². The van der Waals surface area contributed by atoms with Crippen molar-refractivity contribution in [3.63, 3.8) is 0 Å². The third-order valence-electron chi connectivity index (χ3n) is 2.20. The summed E-state index contributed by atoms with van der Waals surface area (Å²) in [7, 11) is 0. The Balaban J connectivity index is 3.25. The third kappa shape index (κ3) is 3.23. The first-order valence-electron chi connectivity index (χ1n) is 4.67. The minimum Gasteiger partial charge on any atom is -0.295 e. The van der Waals surface area contributed by atoms with E-state index in [1.54, 1.807) is 18.2 Å². The fraction of sp³-hybridized carbons (Fsp3) is 0.182. The monoisotopic (exact) mass is 361 g/mol. The number of carbonyl (C=O) groups excluding carboxylic acids is 1. The normalized spacial score (nSPS) is 13.2. The smallest absolute Gasteiger partial charge is 0.274 e. The summed E-state index contributed by atoms with van der Waals surface area (Å²) in [4.78, 5) is 22.8. The summed E-state index contributed by atoms with van der Waals surface area (Å²) in [5.41, 5.74) is 0.875. The van der Waals surface area contributed by atoms with E-state index in [-0.39, 0.29) is 11.5 Å². The number of nitro benzene ring substituents is 1. The van der Waals surface area contributed by atoms with Gasteiger partial charge in [0.1, 0.15) is 0 Å². The van der Waals surface area contributed by atoms with Crippen LogP contribution in [0.5, 0.6) is 0 Å². The molecule has 0 saturated heterocycles. The van der Waals surface area contributed by atoms with Crippen LogP contribution in [0.25, 0.3) is 0 Å². The molecule has 0 amide bonds. The quantitative estimate of drug-likeness (QED) is 0.353. The molecule has 4 nitrogen and oxygen atoms in total. The van der Waals surface area contributed by atoms with Crippen LogP contribution in [0.4, 0.5) is 5.69 Å². The fourth-order valence-electron chi connectivity index (χ4n) is 1.35. The van der Waals surface area contributed by atoms with Crippen LogP contribution in [-0.4, -0.2) is 10.7 Å². The number of ketones is 1. The zero-order valence-corrected chi connectivity index (χ0v) is 12.1. The maximum absolute atomic E-state index is 11.4. The third-order valence-corrected chi connectivity index (χ3v) is 3.68. The second-order valence-electron chi connectivity index (χ2n) is 3.30. The molecule has 0 aliphatic rings. The van der Waals surface area contributed by atoms with Gasteiger partial charge in [-0.05, 0) is 11.9 Å². The van der Waals surface area contributed by atoms with Crippen LogP contribution in [0.2, 0.25) is 0 Å². The highest BCUT2D eigenvalue weighted by molar-refractivity contribution is 9.11. The predicted octanol–water partition coefficient (Wildman–Crippen LogP) is 3.90. The highest BCUT2D eigenvalue weighted by Crippen LogP contribution is 2.37. The van der Waals surface area contributed by atoms with Gasteiger partial charge in [-0.2, -0.15) is 0 Å². The van der Waals surface area contributed by atoms with Crippen molar-refractivity contribution in [3.8, 4) is 0 Å². The van der Waals surface area contributed by atoms with Crippen molar-refractivity contribution >= 4 is 43.3 Å². The van der Waals surface area contributed by atoms with Crippen LogP contribution >= 0.6 is 31.9 Å². The Kier molecular flexibility index (Phi) is 5.02. The van der Waals surface area contributed by atoms with Crippen LogP contribution < -0.4 is 0 Å². The van der Waals surface area contributed by atoms with Gasteiger partial charge in [-0.25, -0.2) is 0 Å². The van der Waals surface area contributed by atoms with Gasteiger partial charge in [-0.15, -0.1) is 0 Å². The zero-order chi connectivity index (χ0) is 13.0. The molecule has 0 spiro atoms. The average molecular weight is 363 g/mol. The van der Waals surface area contributed by atoms with Crippen molar-refractivity contribution in [1.29, 1.82) is 0 Å². The Bertz CT molecular complexity index is 485. The minimum absolute atomic E-state index is 0.0116. The van der Waals surface area contributed by atoms with Crippen LogP contribution in [0.1, 0.15) is 17.3 Å². The van der Waals surface area contributed by atoms with Crippen molar-refractivity contribution in [1.82, 2.24) is 0 Å². The minimum atomic E-state index is -0.499. The standard InChI is InChI=1S/C11H9Br2NO3/c1-7(15)9(6-12)11(13)8-4-2-3-5-10(8)14(16)17/h2-6,11H,1H3/b9-6-. The van der Waals surface area contributed by atoms with Gasteiger partial charge in [0, 0.05) is 17.2 Å². The molecule has 0 bridgehead atoms. The molecule has 0 fully saturated rings. The number of nitrogens with zero attached hydrogens (tertiary/aromatic N) is 1. The molecule has 1 atom stereocenters. The Labute approximate surface area is 115 Å². The number of hydrogen-bond donors (Lipinski definition) is 0. The number of halogens is 2. The number of Topliss-reactive ketones (excluding diaryl/α,β-unsaturated/α-hetero) is 1. The highest BCUT2D eigenvalue weighted by atomic mass is 79.9. The number of benzene rings is 1. The van der Waals surface area contributed by atoms with E-state index in [0.29, 0.717) is 11.1 Å². The molecule has 6 heteroatoms. The summed E-state index contributed by atoms with van der Waals surface area (Å²) < 4.78 is 0. The maximum Gasteiger partial charge on any atom is 0.274 e. The van der Waals surface area contributed by atoms with Gasteiger partial charge >= 0.3 is 0 Å². The van der Waals surface area contributed by atoms with Crippen LogP contribution in [0, 0.1) is 10.1 Å². The fourth-order valence-corrected chi connectivity index (χ4v) is 3.13. The summed E-state index contributed by atoms with van der Waals surface area (Å²) >= 11 is 6.40. The molecule has 1 aromatic carbocycles. The van der Waals surface area contributed by atoms with E-state index in [1.165, 1.54) is 18.0 Å². The Morgan fingerprint density at radius 1 is 1.47 bits per heavy atom. The lowest BCUT2D eigenvalue weighted by Gasteiger charge is -2.11. The SMILES string of the molecule is CC(=O)/C(=C/Br)C(Br)c1ccccc1[N+](=O)[O-]. The van der Waals surface area contributed by atoms with Gasteiger partial charge in [0.05, 0.1) is 9.75 Å². The number of allylic oxidation sites excluding steroid dienone is 1. The molecule has 0 N–H and O–H groups in total. The molecule has 0 radical (unpaired) electrons. The lowest BCUT2D eigenvalue weighted by atomic mass is 10.0. The second-order valence-corrected chi connectivity index (χ2v) is 4.67. The Morgan fingerprint density at radius 3 is 2.53 bits per heavy atom. The van der Waals surface area contributed by atoms with Crippen molar-refractivity contribution in [2.75, 3.05) is 0 Å². The number of nitro groups is 1. The molecule has 90 valence electrons. The number of alkyl halides is 1. The van der Waals surface area contributed by atoms with Crippen molar-refractivity contribution in [3.05, 3.63) is 50.5 Å². The molecule has 0 saturated carbocycles. The molecule has 0 aliphatic heterocycles. The van der Waals surface area contributed by atoms with Gasteiger partial charge in [0.15, 0.2) is 5.78 Å². The molecule has 1 aromatic rings. The van der Waals surface area contributed by atoms with Gasteiger partial charge in [0.2, 0.25) is 0 Å². The number of rotatable bonds is 4. The van der Waals surface area contributed by atoms with Gasteiger partial charge < -0.3 is 0 Å². The number of hydrogen-bond acceptors (Lipinski definition) is 3. The maximum atomic E-state index is 11.4. The topological polar surface area (TPSA) is 60.2 Å². The number of carbonyl (C=O) groups is 1. The Morgan fingerprint density at radius 2 is 2.06 bits per heavy atom. The lowest BCUT2D eigenvalue weighted by molar-refractivity contribution is -0.385. The molecule has 0 aromatic heterocycles. The largest absolute Gasteiger partial charge is 0.295 e. The van der Waals surface area contributed by atoms with E-state index in [0.717, 1.165) is 0 Å². The first-order valence-corrected chi connectivity index (χ1v) is 6.50. The molecule has 1 unspecified atom stereocenters. The molecule has 0 aliphatic carbocycles. The van der Waals surface area contributed by atoms with Crippen molar-refractivity contribution < 1.29 is 9.72 Å². The van der Waals surface area contributed by atoms with Crippen molar-refractivity contribution in [2.24, 2.45) is 0 Å². The predicted molar refractivity (Wildman–Crippen MR) is 72.5 cm³/mol. The van der Waals surface area contributed by atoms with E-state index >= 15 is 0 Å². The van der Waals surface area contributed by atoms with E-state index in [4.69, 9.17) is 0 Å². The van der Waals surface area contributed by atoms with E-state index in [9.17, 15) is 14.9 Å². The van der Waals surface area contributed by atoms with Gasteiger partial charge in [0.25, 0.3) is 5.69 Å². The summed E-state index contributed by atoms with van der Waals surface area (Å²) in [5, 5.41) is 10.9. The summed E-state index contributed by atoms with van der Waals surface area (Å²) in [5.74, 6) is -0.151. The summed E-state index contributed by atoms with van der Waals surface area (Å²) in [6.07, 6.45) is 0. The highest BCUT2D eigenvalue weighted by Gasteiger charge is 2.24. The van der Waals surface area contributed by atoms with E-state index in [2.05, 4.69) is 31.9 Å². The van der Waals surface area contributed by atoms with E-state index in [1.807, 2.05) is 0 Å². The van der Waals surface area contributed by atoms with Crippen LogP contribution in [-0.2, 0) is 4.79 Å². The number of para-hydroxylation sites is 1. The molecule has 0 heterocycles. The second kappa shape index (κ2) is 6.07. The molecule has 1 rings (SSSR count). The Hall–Kier alpha value is -1.01. The van der Waals surface area contributed by atoms with E-state index < -0.39 is 9.75 Å². The summed E-state index contributed by atoms with van der Waals surface area (Å²) in [6, 6.07) is 6.32. The van der Waals surface area contributed by atoms with Crippen LogP contribution in [0.3, 0.4) is 0 Å². The molecular weight excluding hydrogens is 354 g/mol. The molecular formula is C11H9Br2NO3. The first-order chi connectivity index (χ1) is 7.99. The average Bonchev–Trinajstić information content (AvgIpc) is 2.29. The van der Waals surface area contributed by atoms with Crippen molar-refractivity contribution in [2.45, 2.75) is 11.8 Å². The molecule has 17 heavy (non-hydrogen) atoms. The zero-order valence-electron chi connectivity index (χ0n) is 8.89. The van der Waals surface area contributed by atoms with Crippen LogP contribution in [0.15, 0.2) is 34.8 Å². The van der Waals surface area contributed by atoms with Gasteiger partial charge in [-0.1, -0.05) is 50.1 Å².